The van der Waals surface area contributed by atoms with E-state index in [0.717, 1.165) is 16.1 Å². The lowest BCUT2D eigenvalue weighted by atomic mass is 10.2. The molecule has 0 aliphatic heterocycles. The second-order valence-corrected chi connectivity index (χ2v) is 6.72. The van der Waals surface area contributed by atoms with Crippen LogP contribution in [0.5, 0.6) is 11.5 Å². The van der Waals surface area contributed by atoms with Gasteiger partial charge < -0.3 is 14.5 Å². The smallest absolute Gasteiger partial charge is 0.329 e. The number of nitrogens with one attached hydrogen (secondary N) is 1. The van der Waals surface area contributed by atoms with Crippen molar-refractivity contribution in [3.63, 3.8) is 0 Å². The first-order valence-electron chi connectivity index (χ1n) is 8.37. The molecular weight excluding hydrogens is 380 g/mol. The number of hydrogen-bond donors (Lipinski definition) is 1. The molecule has 142 valence electrons. The molecule has 3 heterocycles. The van der Waals surface area contributed by atoms with Crippen molar-refractivity contribution < 1.29 is 9.47 Å². The van der Waals surface area contributed by atoms with Gasteiger partial charge in [0.1, 0.15) is 21.9 Å². The fourth-order valence-electron chi connectivity index (χ4n) is 2.94. The van der Waals surface area contributed by atoms with Crippen molar-refractivity contribution >= 4 is 21.7 Å². The molecular formula is C19H16N4O4S. The third-order valence-corrected chi connectivity index (χ3v) is 5.17. The van der Waals surface area contributed by atoms with E-state index in [9.17, 15) is 9.59 Å². The molecule has 1 aromatic carbocycles. The Hall–Kier alpha value is -3.46. The average molecular weight is 396 g/mol. The van der Waals surface area contributed by atoms with Crippen molar-refractivity contribution in [1.82, 2.24) is 18.9 Å². The van der Waals surface area contributed by atoms with Crippen molar-refractivity contribution in [1.29, 1.82) is 0 Å². The zero-order valence-corrected chi connectivity index (χ0v) is 15.9. The Labute approximate surface area is 163 Å². The molecule has 3 aromatic heterocycles. The summed E-state index contributed by atoms with van der Waals surface area (Å²) >= 11 is 1.04. The summed E-state index contributed by atoms with van der Waals surface area (Å²) in [5.41, 5.74) is 1.19. The molecule has 0 saturated heterocycles. The first-order chi connectivity index (χ1) is 13.6. The van der Waals surface area contributed by atoms with Crippen LogP contribution in [0, 0.1) is 0 Å². The topological polar surface area (TPSA) is 99.1 Å². The molecule has 0 saturated carbocycles. The van der Waals surface area contributed by atoms with Gasteiger partial charge in [-0.15, -0.1) is 0 Å². The third-order valence-electron chi connectivity index (χ3n) is 4.33. The summed E-state index contributed by atoms with van der Waals surface area (Å²) in [6, 6.07) is 10.6. The standard InChI is InChI=1S/C19H16N4O4S/c1-26-12-6-7-14(27-2)11(9-12)10-23-18(24)17-16(21-19(23)25)15(22-28-17)13-5-3-4-8-20-13/h3-9H,10H2,1-2H3,(H,21,25). The summed E-state index contributed by atoms with van der Waals surface area (Å²) in [5, 5.41) is 0. The number of hydrogen-bond acceptors (Lipinski definition) is 7. The Morgan fingerprint density at radius 3 is 2.71 bits per heavy atom. The van der Waals surface area contributed by atoms with Gasteiger partial charge in [0.15, 0.2) is 0 Å². The van der Waals surface area contributed by atoms with Crippen LogP contribution in [0.25, 0.3) is 21.6 Å². The quantitative estimate of drug-likeness (QED) is 0.556. The van der Waals surface area contributed by atoms with Gasteiger partial charge in [0.05, 0.1) is 32.0 Å². The lowest BCUT2D eigenvalue weighted by molar-refractivity contribution is 0.397. The highest BCUT2D eigenvalue weighted by Gasteiger charge is 2.17. The van der Waals surface area contributed by atoms with Crippen LogP contribution in [0.4, 0.5) is 0 Å². The maximum absolute atomic E-state index is 13.0. The van der Waals surface area contributed by atoms with E-state index in [1.165, 1.54) is 7.11 Å². The van der Waals surface area contributed by atoms with E-state index in [4.69, 9.17) is 9.47 Å². The molecule has 8 nitrogen and oxygen atoms in total. The van der Waals surface area contributed by atoms with E-state index < -0.39 is 11.2 Å². The number of pyridine rings is 1. The summed E-state index contributed by atoms with van der Waals surface area (Å²) < 4.78 is 16.4. The molecule has 28 heavy (non-hydrogen) atoms. The van der Waals surface area contributed by atoms with E-state index in [1.54, 1.807) is 43.6 Å². The van der Waals surface area contributed by atoms with Crippen molar-refractivity contribution in [2.24, 2.45) is 0 Å². The van der Waals surface area contributed by atoms with Crippen molar-refractivity contribution in [2.75, 3.05) is 14.2 Å². The average Bonchev–Trinajstić information content (AvgIpc) is 3.15. The van der Waals surface area contributed by atoms with Gasteiger partial charge in [-0.1, -0.05) is 6.07 Å². The maximum Gasteiger partial charge on any atom is 0.329 e. The van der Waals surface area contributed by atoms with Crippen molar-refractivity contribution in [3.05, 3.63) is 69.0 Å². The fourth-order valence-corrected chi connectivity index (χ4v) is 3.73. The molecule has 4 aromatic rings. The Morgan fingerprint density at radius 1 is 1.14 bits per heavy atom. The molecule has 0 radical (unpaired) electrons. The van der Waals surface area contributed by atoms with Gasteiger partial charge in [-0.05, 0) is 41.9 Å². The Bertz CT molecular complexity index is 1260. The number of benzene rings is 1. The summed E-state index contributed by atoms with van der Waals surface area (Å²) in [6.07, 6.45) is 1.63. The minimum absolute atomic E-state index is 0.0430. The van der Waals surface area contributed by atoms with Crippen LogP contribution in [-0.2, 0) is 6.54 Å². The number of nitrogens with zero attached hydrogens (tertiary/aromatic N) is 3. The number of fused-ring (bicyclic) bond motifs is 1. The molecule has 0 spiro atoms. The first kappa shape index (κ1) is 17.9. The van der Waals surface area contributed by atoms with Crippen LogP contribution < -0.4 is 20.7 Å². The van der Waals surface area contributed by atoms with Gasteiger partial charge in [-0.25, -0.2) is 4.79 Å². The lowest BCUT2D eigenvalue weighted by Crippen LogP contribution is -2.35. The molecule has 0 aliphatic carbocycles. The minimum atomic E-state index is -0.528. The Balaban J connectivity index is 1.84. The molecule has 0 aliphatic rings. The Morgan fingerprint density at radius 2 is 2.00 bits per heavy atom. The van der Waals surface area contributed by atoms with Crippen molar-refractivity contribution in [2.45, 2.75) is 6.54 Å². The molecule has 4 rings (SSSR count). The molecule has 9 heteroatoms. The fraction of sp³-hybridized carbons (Fsp3) is 0.158. The summed E-state index contributed by atoms with van der Waals surface area (Å²) in [6.45, 7) is 0.0430. The molecule has 0 bridgehead atoms. The van der Waals surface area contributed by atoms with Gasteiger partial charge >= 0.3 is 5.69 Å². The highest BCUT2D eigenvalue weighted by Crippen LogP contribution is 2.26. The second-order valence-electron chi connectivity index (χ2n) is 5.95. The number of rotatable bonds is 5. The molecule has 0 atom stereocenters. The predicted octanol–water partition coefficient (Wildman–Crippen LogP) is 2.27. The minimum Gasteiger partial charge on any atom is -0.497 e. The summed E-state index contributed by atoms with van der Waals surface area (Å²) in [5.74, 6) is 1.17. The van der Waals surface area contributed by atoms with Crippen LogP contribution >= 0.6 is 11.5 Å². The first-order valence-corrected chi connectivity index (χ1v) is 9.14. The zero-order chi connectivity index (χ0) is 19.7. The number of aromatic amines is 1. The summed E-state index contributed by atoms with van der Waals surface area (Å²) in [4.78, 5) is 32.7. The number of aromatic nitrogens is 4. The lowest BCUT2D eigenvalue weighted by Gasteiger charge is -2.11. The van der Waals surface area contributed by atoms with Gasteiger partial charge in [0, 0.05) is 11.8 Å². The highest BCUT2D eigenvalue weighted by atomic mass is 32.1. The Kier molecular flexibility index (Phi) is 4.66. The maximum atomic E-state index is 13.0. The summed E-state index contributed by atoms with van der Waals surface area (Å²) in [7, 11) is 3.08. The van der Waals surface area contributed by atoms with E-state index in [0.29, 0.717) is 38.7 Å². The van der Waals surface area contributed by atoms with E-state index >= 15 is 0 Å². The van der Waals surface area contributed by atoms with Gasteiger partial charge in [-0.2, -0.15) is 4.37 Å². The van der Waals surface area contributed by atoms with Crippen molar-refractivity contribution in [3.8, 4) is 22.9 Å². The van der Waals surface area contributed by atoms with Gasteiger partial charge in [0.25, 0.3) is 5.56 Å². The monoisotopic (exact) mass is 396 g/mol. The molecule has 1 N–H and O–H groups in total. The molecule has 0 unspecified atom stereocenters. The number of H-pyrrole nitrogens is 1. The van der Waals surface area contributed by atoms with E-state index in [-0.39, 0.29) is 6.54 Å². The van der Waals surface area contributed by atoms with Gasteiger partial charge in [-0.3, -0.25) is 14.3 Å². The predicted molar refractivity (Wildman–Crippen MR) is 106 cm³/mol. The number of methoxy groups -OCH3 is 2. The van der Waals surface area contributed by atoms with E-state index in [2.05, 4.69) is 14.3 Å². The highest BCUT2D eigenvalue weighted by molar-refractivity contribution is 7.13. The van der Waals surface area contributed by atoms with Crippen LogP contribution in [0.2, 0.25) is 0 Å². The SMILES string of the molecule is COc1ccc(OC)c(Cn2c(=O)[nH]c3c(-c4ccccn4)nsc3c2=O)c1. The normalized spacial score (nSPS) is 10.9. The molecule has 0 fully saturated rings. The number of ether oxygens (including phenoxy) is 2. The molecule has 0 amide bonds. The second kappa shape index (κ2) is 7.28. The van der Waals surface area contributed by atoms with E-state index in [1.807, 2.05) is 6.07 Å². The zero-order valence-electron chi connectivity index (χ0n) is 15.1. The largest absolute Gasteiger partial charge is 0.497 e. The van der Waals surface area contributed by atoms with Crippen LogP contribution in [0.15, 0.2) is 52.2 Å². The van der Waals surface area contributed by atoms with Gasteiger partial charge in [0.2, 0.25) is 0 Å². The van der Waals surface area contributed by atoms with Crippen LogP contribution in [-0.4, -0.2) is 33.1 Å². The third kappa shape index (κ3) is 3.05. The van der Waals surface area contributed by atoms with Crippen LogP contribution in [0.1, 0.15) is 5.56 Å². The van der Waals surface area contributed by atoms with Crippen LogP contribution in [0.3, 0.4) is 0 Å².